The highest BCUT2D eigenvalue weighted by atomic mass is 32.1. The van der Waals surface area contributed by atoms with Crippen molar-refractivity contribution in [2.24, 2.45) is 0 Å². The van der Waals surface area contributed by atoms with Crippen LogP contribution in [-0.2, 0) is 13.0 Å². The molecule has 0 aliphatic rings. The molecule has 0 fully saturated rings. The van der Waals surface area contributed by atoms with Crippen LogP contribution in [0.5, 0.6) is 0 Å². The van der Waals surface area contributed by atoms with Gasteiger partial charge in [-0.05, 0) is 60.1 Å². The van der Waals surface area contributed by atoms with Crippen LogP contribution in [0, 0.1) is 0 Å². The number of thiophene rings is 1. The molecule has 4 heteroatoms. The van der Waals surface area contributed by atoms with Gasteiger partial charge in [0.15, 0.2) is 0 Å². The Kier molecular flexibility index (Phi) is 6.01. The molecule has 0 saturated heterocycles. The zero-order valence-electron chi connectivity index (χ0n) is 11.4. The summed E-state index contributed by atoms with van der Waals surface area (Å²) in [7, 11) is 2.15. The smallest absolute Gasteiger partial charge is 0.0271 e. The quantitative estimate of drug-likeness (QED) is 0.750. The first kappa shape index (κ1) is 14.2. The van der Waals surface area contributed by atoms with Gasteiger partial charge in [-0.15, -0.1) is 0 Å². The van der Waals surface area contributed by atoms with Gasteiger partial charge in [0.05, 0.1) is 0 Å². The monoisotopic (exact) mass is 275 g/mol. The van der Waals surface area contributed by atoms with Crippen LogP contribution in [0.15, 0.2) is 41.4 Å². The molecule has 2 rings (SSSR count). The summed E-state index contributed by atoms with van der Waals surface area (Å²) in [6, 6.07) is 6.34. The average Bonchev–Trinajstić information content (AvgIpc) is 2.92. The van der Waals surface area contributed by atoms with E-state index < -0.39 is 0 Å². The van der Waals surface area contributed by atoms with Gasteiger partial charge in [-0.25, -0.2) is 0 Å². The second-order valence-corrected chi connectivity index (χ2v) is 5.50. The number of hydrogen-bond acceptors (Lipinski definition) is 4. The lowest BCUT2D eigenvalue weighted by Crippen LogP contribution is -2.30. The number of rotatable bonds is 8. The maximum atomic E-state index is 4.03. The van der Waals surface area contributed by atoms with E-state index in [4.69, 9.17) is 0 Å². The van der Waals surface area contributed by atoms with Crippen LogP contribution in [0.2, 0.25) is 0 Å². The predicted octanol–water partition coefficient (Wildman–Crippen LogP) is 2.41. The molecule has 1 N–H and O–H groups in total. The average molecular weight is 275 g/mol. The van der Waals surface area contributed by atoms with E-state index in [0.29, 0.717) is 0 Å². The van der Waals surface area contributed by atoms with Crippen molar-refractivity contribution in [2.45, 2.75) is 13.0 Å². The summed E-state index contributed by atoms with van der Waals surface area (Å²) >= 11 is 1.77. The lowest BCUT2D eigenvalue weighted by molar-refractivity contribution is 0.325. The Morgan fingerprint density at radius 1 is 1.16 bits per heavy atom. The van der Waals surface area contributed by atoms with Crippen LogP contribution in [-0.4, -0.2) is 36.6 Å². The van der Waals surface area contributed by atoms with E-state index in [9.17, 15) is 0 Å². The van der Waals surface area contributed by atoms with Gasteiger partial charge >= 0.3 is 0 Å². The lowest BCUT2D eigenvalue weighted by Gasteiger charge is -2.16. The van der Waals surface area contributed by atoms with Crippen molar-refractivity contribution in [1.29, 1.82) is 0 Å². The minimum atomic E-state index is 0.981. The molecule has 2 aromatic heterocycles. The summed E-state index contributed by atoms with van der Waals surface area (Å²) in [6.45, 7) is 4.13. The van der Waals surface area contributed by atoms with Crippen LogP contribution in [0.25, 0.3) is 0 Å². The summed E-state index contributed by atoms with van der Waals surface area (Å²) < 4.78 is 0. The Labute approximate surface area is 119 Å². The van der Waals surface area contributed by atoms with Crippen molar-refractivity contribution in [2.75, 3.05) is 26.7 Å². The van der Waals surface area contributed by atoms with E-state index in [2.05, 4.69) is 51.2 Å². The summed E-state index contributed by atoms with van der Waals surface area (Å²) in [4.78, 5) is 6.36. The molecule has 0 amide bonds. The highest BCUT2D eigenvalue weighted by Gasteiger charge is 1.99. The van der Waals surface area contributed by atoms with Gasteiger partial charge in [-0.3, -0.25) is 4.98 Å². The topological polar surface area (TPSA) is 28.2 Å². The van der Waals surface area contributed by atoms with Gasteiger partial charge in [0.1, 0.15) is 0 Å². The SMILES string of the molecule is CN(CCNCCc1ccsc1)Cc1ccncc1. The van der Waals surface area contributed by atoms with Crippen molar-refractivity contribution in [1.82, 2.24) is 15.2 Å². The van der Waals surface area contributed by atoms with Crippen LogP contribution < -0.4 is 5.32 Å². The van der Waals surface area contributed by atoms with Gasteiger partial charge in [0.2, 0.25) is 0 Å². The first-order valence-corrected chi connectivity index (χ1v) is 7.58. The number of aromatic nitrogens is 1. The fourth-order valence-electron chi connectivity index (χ4n) is 1.94. The number of hydrogen-bond donors (Lipinski definition) is 1. The first-order chi connectivity index (χ1) is 9.34. The minimum Gasteiger partial charge on any atom is -0.315 e. The molecule has 19 heavy (non-hydrogen) atoms. The van der Waals surface area contributed by atoms with Crippen LogP contribution in [0.1, 0.15) is 11.1 Å². The summed E-state index contributed by atoms with van der Waals surface area (Å²) in [5.41, 5.74) is 2.75. The summed E-state index contributed by atoms with van der Waals surface area (Å²) in [6.07, 6.45) is 4.82. The van der Waals surface area contributed by atoms with Crippen LogP contribution in [0.4, 0.5) is 0 Å². The minimum absolute atomic E-state index is 0.981. The third kappa shape index (κ3) is 5.51. The molecule has 0 aliphatic heterocycles. The zero-order chi connectivity index (χ0) is 13.3. The van der Waals surface area contributed by atoms with Crippen LogP contribution >= 0.6 is 11.3 Å². The van der Waals surface area contributed by atoms with E-state index in [-0.39, 0.29) is 0 Å². The molecule has 2 aromatic rings. The molecule has 0 spiro atoms. The molecular formula is C15H21N3S. The third-order valence-electron chi connectivity index (χ3n) is 3.04. The Balaban J connectivity index is 1.55. The number of pyridine rings is 1. The maximum absolute atomic E-state index is 4.03. The number of nitrogens with zero attached hydrogens (tertiary/aromatic N) is 2. The highest BCUT2D eigenvalue weighted by Crippen LogP contribution is 2.05. The van der Waals surface area contributed by atoms with E-state index in [1.807, 2.05) is 12.4 Å². The molecule has 102 valence electrons. The second kappa shape index (κ2) is 8.04. The number of nitrogens with one attached hydrogen (secondary N) is 1. The van der Waals surface area contributed by atoms with Crippen molar-refractivity contribution in [3.63, 3.8) is 0 Å². The Bertz CT molecular complexity index is 442. The van der Waals surface area contributed by atoms with Crippen LogP contribution in [0.3, 0.4) is 0 Å². The molecule has 0 aliphatic carbocycles. The standard InChI is InChI=1S/C15H21N3S/c1-18(12-14-2-6-16-7-3-14)10-9-17-8-4-15-5-11-19-13-15/h2-3,5-7,11,13,17H,4,8-10,12H2,1H3. The van der Waals surface area contributed by atoms with Crippen molar-refractivity contribution in [3.05, 3.63) is 52.5 Å². The number of likely N-dealkylation sites (N-methyl/N-ethyl adjacent to an activating group) is 1. The molecule has 2 heterocycles. The molecule has 0 saturated carbocycles. The maximum Gasteiger partial charge on any atom is 0.0271 e. The Morgan fingerprint density at radius 3 is 2.74 bits per heavy atom. The van der Waals surface area contributed by atoms with Gasteiger partial charge in [0.25, 0.3) is 0 Å². The van der Waals surface area contributed by atoms with E-state index in [1.54, 1.807) is 11.3 Å². The molecular weight excluding hydrogens is 254 g/mol. The van der Waals surface area contributed by atoms with E-state index in [0.717, 1.165) is 32.6 Å². The second-order valence-electron chi connectivity index (χ2n) is 4.72. The summed E-state index contributed by atoms with van der Waals surface area (Å²) in [5.74, 6) is 0. The van der Waals surface area contributed by atoms with Crippen molar-refractivity contribution in [3.8, 4) is 0 Å². The van der Waals surface area contributed by atoms with E-state index >= 15 is 0 Å². The van der Waals surface area contributed by atoms with Gasteiger partial charge < -0.3 is 10.2 Å². The largest absolute Gasteiger partial charge is 0.315 e. The molecule has 0 aromatic carbocycles. The molecule has 3 nitrogen and oxygen atoms in total. The molecule has 0 unspecified atom stereocenters. The normalized spacial score (nSPS) is 11.1. The van der Waals surface area contributed by atoms with Gasteiger partial charge in [-0.2, -0.15) is 11.3 Å². The predicted molar refractivity (Wildman–Crippen MR) is 81.5 cm³/mol. The fraction of sp³-hybridized carbons (Fsp3) is 0.400. The highest BCUT2D eigenvalue weighted by molar-refractivity contribution is 7.07. The Morgan fingerprint density at radius 2 is 2.00 bits per heavy atom. The summed E-state index contributed by atoms with van der Waals surface area (Å²) in [5, 5.41) is 7.85. The van der Waals surface area contributed by atoms with Gasteiger partial charge in [0, 0.05) is 32.0 Å². The Hall–Kier alpha value is -1.23. The third-order valence-corrected chi connectivity index (χ3v) is 3.77. The zero-order valence-corrected chi connectivity index (χ0v) is 12.2. The van der Waals surface area contributed by atoms with Crippen molar-refractivity contribution >= 4 is 11.3 Å². The lowest BCUT2D eigenvalue weighted by atomic mass is 10.2. The van der Waals surface area contributed by atoms with E-state index in [1.165, 1.54) is 11.1 Å². The molecule has 0 atom stereocenters. The molecule has 0 bridgehead atoms. The van der Waals surface area contributed by atoms with Gasteiger partial charge in [-0.1, -0.05) is 0 Å². The first-order valence-electron chi connectivity index (χ1n) is 6.64. The molecule has 0 radical (unpaired) electrons. The van der Waals surface area contributed by atoms with Crippen molar-refractivity contribution < 1.29 is 0 Å². The fourth-order valence-corrected chi connectivity index (χ4v) is 2.64.